The van der Waals surface area contributed by atoms with Crippen LogP contribution in [0.1, 0.15) is 36.8 Å². The highest BCUT2D eigenvalue weighted by molar-refractivity contribution is 5.11. The molecule has 2 aliphatic rings. The normalized spacial score (nSPS) is 29.5. The van der Waals surface area contributed by atoms with Crippen molar-refractivity contribution in [2.75, 3.05) is 26.8 Å². The van der Waals surface area contributed by atoms with E-state index in [9.17, 15) is 0 Å². The molecule has 0 aliphatic heterocycles. The van der Waals surface area contributed by atoms with Crippen LogP contribution in [-0.4, -0.2) is 31.8 Å². The summed E-state index contributed by atoms with van der Waals surface area (Å²) in [5.74, 6) is 4.64. The zero-order chi connectivity index (χ0) is 12.4. The van der Waals surface area contributed by atoms with Crippen LogP contribution in [0.3, 0.4) is 0 Å². The first-order valence-electron chi connectivity index (χ1n) is 7.01. The van der Waals surface area contributed by atoms with E-state index in [0.29, 0.717) is 5.92 Å². The molecule has 0 bridgehead atoms. The fraction of sp³-hybridized carbons (Fsp3) is 0.786. The number of oxazole rings is 1. The molecular formula is C14H22N2O2. The minimum atomic E-state index is 0.649. The van der Waals surface area contributed by atoms with Crippen molar-refractivity contribution in [2.45, 2.75) is 31.6 Å². The third-order valence-corrected chi connectivity index (χ3v) is 4.22. The molecular weight excluding hydrogens is 228 g/mol. The molecule has 1 N–H and O–H groups in total. The molecule has 1 aromatic heterocycles. The molecule has 2 fully saturated rings. The molecule has 4 nitrogen and oxygen atoms in total. The van der Waals surface area contributed by atoms with Crippen molar-refractivity contribution in [3.63, 3.8) is 0 Å². The average molecular weight is 250 g/mol. The lowest BCUT2D eigenvalue weighted by atomic mass is 10.0. The highest BCUT2D eigenvalue weighted by atomic mass is 16.5. The van der Waals surface area contributed by atoms with E-state index in [1.807, 2.05) is 6.20 Å². The monoisotopic (exact) mass is 250 g/mol. The van der Waals surface area contributed by atoms with Gasteiger partial charge in [0.1, 0.15) is 5.76 Å². The molecule has 0 aromatic carbocycles. The maximum Gasteiger partial charge on any atom is 0.195 e. The molecule has 0 radical (unpaired) electrons. The van der Waals surface area contributed by atoms with E-state index in [1.165, 1.54) is 19.3 Å². The fourth-order valence-electron chi connectivity index (χ4n) is 3.07. The molecule has 2 unspecified atom stereocenters. The van der Waals surface area contributed by atoms with Crippen LogP contribution in [0.25, 0.3) is 0 Å². The van der Waals surface area contributed by atoms with E-state index in [4.69, 9.17) is 9.15 Å². The second-order valence-electron chi connectivity index (χ2n) is 5.57. The maximum atomic E-state index is 5.86. The van der Waals surface area contributed by atoms with Crippen molar-refractivity contribution in [1.82, 2.24) is 10.3 Å². The lowest BCUT2D eigenvalue weighted by Crippen LogP contribution is -2.21. The van der Waals surface area contributed by atoms with E-state index in [2.05, 4.69) is 10.3 Å². The topological polar surface area (TPSA) is 47.3 Å². The van der Waals surface area contributed by atoms with E-state index >= 15 is 0 Å². The largest absolute Gasteiger partial charge is 0.445 e. The molecule has 0 amide bonds. The molecule has 2 saturated carbocycles. The van der Waals surface area contributed by atoms with Gasteiger partial charge >= 0.3 is 0 Å². The summed E-state index contributed by atoms with van der Waals surface area (Å²) in [6, 6.07) is 0. The quantitative estimate of drug-likeness (QED) is 0.752. The molecule has 4 heteroatoms. The summed E-state index contributed by atoms with van der Waals surface area (Å²) in [5.41, 5.74) is 0. The van der Waals surface area contributed by atoms with Gasteiger partial charge in [-0.2, -0.15) is 0 Å². The Morgan fingerprint density at radius 3 is 2.94 bits per heavy atom. The molecule has 18 heavy (non-hydrogen) atoms. The Morgan fingerprint density at radius 1 is 1.33 bits per heavy atom. The number of hydrogen-bond acceptors (Lipinski definition) is 4. The Bertz CT molecular complexity index is 381. The lowest BCUT2D eigenvalue weighted by Gasteiger charge is -2.06. The van der Waals surface area contributed by atoms with Gasteiger partial charge in [-0.25, -0.2) is 4.98 Å². The van der Waals surface area contributed by atoms with Crippen molar-refractivity contribution in [1.29, 1.82) is 0 Å². The van der Waals surface area contributed by atoms with Crippen molar-refractivity contribution >= 4 is 0 Å². The van der Waals surface area contributed by atoms with Crippen LogP contribution in [0.5, 0.6) is 0 Å². The Hall–Kier alpha value is -0.870. The fourth-order valence-corrected chi connectivity index (χ4v) is 3.07. The van der Waals surface area contributed by atoms with E-state index in [1.54, 1.807) is 7.11 Å². The minimum Gasteiger partial charge on any atom is -0.445 e. The van der Waals surface area contributed by atoms with Gasteiger partial charge in [-0.15, -0.1) is 0 Å². The summed E-state index contributed by atoms with van der Waals surface area (Å²) < 4.78 is 10.8. The van der Waals surface area contributed by atoms with Gasteiger partial charge in [0.2, 0.25) is 0 Å². The summed E-state index contributed by atoms with van der Waals surface area (Å²) in [7, 11) is 1.72. The molecule has 1 aromatic rings. The minimum absolute atomic E-state index is 0.649. The standard InChI is InChI=1S/C14H22N2O2/c1-17-5-4-15-3-2-14-16-9-13(18-14)12-7-10-6-11(10)8-12/h9-12,15H,2-8H2,1H3. The summed E-state index contributed by atoms with van der Waals surface area (Å²) in [6.07, 6.45) is 6.92. The van der Waals surface area contributed by atoms with Gasteiger partial charge in [0.25, 0.3) is 0 Å². The third kappa shape index (κ3) is 2.75. The highest BCUT2D eigenvalue weighted by Crippen LogP contribution is 2.57. The zero-order valence-electron chi connectivity index (χ0n) is 11.0. The van der Waals surface area contributed by atoms with Gasteiger partial charge < -0.3 is 14.5 Å². The summed E-state index contributed by atoms with van der Waals surface area (Å²) in [6.45, 7) is 2.54. The van der Waals surface area contributed by atoms with E-state index in [0.717, 1.165) is 49.6 Å². The Balaban J connectivity index is 1.42. The second-order valence-corrected chi connectivity index (χ2v) is 5.57. The number of ether oxygens (including phenoxy) is 1. The SMILES string of the molecule is COCCNCCc1ncc(C2CC3CC3C2)o1. The maximum absolute atomic E-state index is 5.86. The van der Waals surface area contributed by atoms with Gasteiger partial charge in [-0.3, -0.25) is 0 Å². The van der Waals surface area contributed by atoms with Gasteiger partial charge in [0, 0.05) is 32.5 Å². The number of aromatic nitrogens is 1. The van der Waals surface area contributed by atoms with Crippen LogP contribution < -0.4 is 5.32 Å². The number of rotatable bonds is 7. The first-order chi connectivity index (χ1) is 8.86. The summed E-state index contributed by atoms with van der Waals surface area (Å²) >= 11 is 0. The Morgan fingerprint density at radius 2 is 2.17 bits per heavy atom. The van der Waals surface area contributed by atoms with Crippen molar-refractivity contribution in [2.24, 2.45) is 11.8 Å². The van der Waals surface area contributed by atoms with Crippen LogP contribution in [0.2, 0.25) is 0 Å². The third-order valence-electron chi connectivity index (χ3n) is 4.22. The van der Waals surface area contributed by atoms with Crippen molar-refractivity contribution < 1.29 is 9.15 Å². The van der Waals surface area contributed by atoms with Crippen molar-refractivity contribution in [3.8, 4) is 0 Å². The second kappa shape index (κ2) is 5.41. The van der Waals surface area contributed by atoms with Gasteiger partial charge in [0.05, 0.1) is 12.8 Å². The van der Waals surface area contributed by atoms with Crippen LogP contribution in [-0.2, 0) is 11.2 Å². The first kappa shape index (κ1) is 12.2. The van der Waals surface area contributed by atoms with Crippen LogP contribution in [0.4, 0.5) is 0 Å². The number of fused-ring (bicyclic) bond motifs is 1. The molecule has 1 heterocycles. The smallest absolute Gasteiger partial charge is 0.195 e. The molecule has 3 rings (SSSR count). The number of methoxy groups -OCH3 is 1. The number of nitrogens with one attached hydrogen (secondary N) is 1. The summed E-state index contributed by atoms with van der Waals surface area (Å²) in [5, 5.41) is 3.30. The molecule has 2 atom stereocenters. The number of hydrogen-bond donors (Lipinski definition) is 1. The van der Waals surface area contributed by atoms with Crippen molar-refractivity contribution in [3.05, 3.63) is 17.8 Å². The lowest BCUT2D eigenvalue weighted by molar-refractivity contribution is 0.199. The summed E-state index contributed by atoms with van der Waals surface area (Å²) in [4.78, 5) is 4.38. The van der Waals surface area contributed by atoms with E-state index in [-0.39, 0.29) is 0 Å². The predicted molar refractivity (Wildman–Crippen MR) is 68.5 cm³/mol. The van der Waals surface area contributed by atoms with Crippen LogP contribution in [0.15, 0.2) is 10.6 Å². The Labute approximate surface area is 108 Å². The van der Waals surface area contributed by atoms with Gasteiger partial charge in [0.15, 0.2) is 5.89 Å². The van der Waals surface area contributed by atoms with Gasteiger partial charge in [-0.05, 0) is 31.1 Å². The van der Waals surface area contributed by atoms with E-state index < -0.39 is 0 Å². The molecule has 2 aliphatic carbocycles. The van der Waals surface area contributed by atoms with Gasteiger partial charge in [-0.1, -0.05) is 0 Å². The molecule has 0 saturated heterocycles. The zero-order valence-corrected chi connectivity index (χ0v) is 11.0. The highest BCUT2D eigenvalue weighted by Gasteiger charge is 2.47. The average Bonchev–Trinajstić information content (AvgIpc) is 2.82. The molecule has 100 valence electrons. The van der Waals surface area contributed by atoms with Crippen LogP contribution in [0, 0.1) is 11.8 Å². The van der Waals surface area contributed by atoms with Crippen LogP contribution >= 0.6 is 0 Å². The predicted octanol–water partition coefficient (Wildman–Crippen LogP) is 1.97. The molecule has 0 spiro atoms. The Kier molecular flexibility index (Phi) is 3.66. The first-order valence-corrected chi connectivity index (χ1v) is 7.01. The number of nitrogens with zero attached hydrogens (tertiary/aromatic N) is 1.